The van der Waals surface area contributed by atoms with Gasteiger partial charge in [-0.2, -0.15) is 0 Å². The van der Waals surface area contributed by atoms with E-state index in [0.717, 1.165) is 37.2 Å². The number of fused-ring (bicyclic) bond motifs is 2. The zero-order chi connectivity index (χ0) is 18.4. The van der Waals surface area contributed by atoms with Crippen molar-refractivity contribution in [1.29, 1.82) is 0 Å². The van der Waals surface area contributed by atoms with Crippen LogP contribution in [0.4, 0.5) is 0 Å². The van der Waals surface area contributed by atoms with Gasteiger partial charge in [0.15, 0.2) is 11.7 Å². The molecule has 0 bridgehead atoms. The predicted molar refractivity (Wildman–Crippen MR) is 109 cm³/mol. The molecule has 0 saturated heterocycles. The van der Waals surface area contributed by atoms with Gasteiger partial charge >= 0.3 is 0 Å². The number of H-pyrrole nitrogens is 1. The zero-order valence-electron chi connectivity index (χ0n) is 14.1. The minimum atomic E-state index is 0.107. The van der Waals surface area contributed by atoms with E-state index in [4.69, 9.17) is 9.98 Å². The van der Waals surface area contributed by atoms with Crippen molar-refractivity contribution in [2.24, 2.45) is 9.98 Å². The summed E-state index contributed by atoms with van der Waals surface area (Å²) in [6.45, 7) is 0. The Morgan fingerprint density at radius 2 is 1.52 bits per heavy atom. The molecule has 27 heavy (non-hydrogen) atoms. The van der Waals surface area contributed by atoms with E-state index in [1.54, 1.807) is 0 Å². The number of rotatable bonds is 2. The maximum absolute atomic E-state index is 10.7. The number of nitrogens with zero attached hydrogens (tertiary/aromatic N) is 2. The van der Waals surface area contributed by atoms with Gasteiger partial charge in [-0.15, -0.1) is 0 Å². The molecule has 0 unspecified atom stereocenters. The standard InChI is InChI=1S/C22H14BrN3O/c23-14-10-11-15-18(12-14)26-22(27)20(15)19(13-6-2-1-3-7-13)21-24-16-8-4-5-9-17(16)25-21/h1-12,26-27H. The lowest BCUT2D eigenvalue weighted by Crippen LogP contribution is -2.19. The topological polar surface area (TPSA) is 60.7 Å². The van der Waals surface area contributed by atoms with Gasteiger partial charge in [0.05, 0.1) is 21.8 Å². The first-order valence-electron chi connectivity index (χ1n) is 8.53. The van der Waals surface area contributed by atoms with Gasteiger partial charge in [-0.05, 0) is 29.8 Å². The zero-order valence-corrected chi connectivity index (χ0v) is 15.7. The largest absolute Gasteiger partial charge is 0.494 e. The van der Waals surface area contributed by atoms with Gasteiger partial charge in [-0.25, -0.2) is 9.98 Å². The molecule has 0 amide bonds. The molecule has 5 rings (SSSR count). The van der Waals surface area contributed by atoms with Crippen molar-refractivity contribution in [3.8, 4) is 5.88 Å². The van der Waals surface area contributed by atoms with E-state index >= 15 is 0 Å². The summed E-state index contributed by atoms with van der Waals surface area (Å²) in [7, 11) is 0. The molecule has 0 atom stereocenters. The number of halogens is 1. The first-order valence-corrected chi connectivity index (χ1v) is 9.33. The van der Waals surface area contributed by atoms with E-state index in [2.05, 4.69) is 20.9 Å². The summed E-state index contributed by atoms with van der Waals surface area (Å²) in [5.74, 6) is 0.706. The number of para-hydroxylation sites is 2. The van der Waals surface area contributed by atoms with Crippen LogP contribution >= 0.6 is 15.9 Å². The fourth-order valence-electron chi connectivity index (χ4n) is 3.42. The van der Waals surface area contributed by atoms with E-state index in [-0.39, 0.29) is 5.88 Å². The van der Waals surface area contributed by atoms with Crippen LogP contribution in [0.1, 0.15) is 11.1 Å². The molecule has 130 valence electrons. The lowest BCUT2D eigenvalue weighted by Gasteiger charge is -2.09. The van der Waals surface area contributed by atoms with Crippen LogP contribution in [0, 0.1) is 0 Å². The minimum absolute atomic E-state index is 0.107. The average Bonchev–Trinajstić information content (AvgIpc) is 3.24. The maximum Gasteiger partial charge on any atom is 0.197 e. The molecule has 1 aromatic heterocycles. The molecule has 0 radical (unpaired) electrons. The predicted octanol–water partition coefficient (Wildman–Crippen LogP) is 4.31. The molecule has 1 aliphatic rings. The molecule has 2 heterocycles. The van der Waals surface area contributed by atoms with Crippen molar-refractivity contribution >= 4 is 32.4 Å². The monoisotopic (exact) mass is 415 g/mol. The Morgan fingerprint density at radius 1 is 0.852 bits per heavy atom. The van der Waals surface area contributed by atoms with Gasteiger partial charge < -0.3 is 10.1 Å². The van der Waals surface area contributed by atoms with Crippen LogP contribution in [0.2, 0.25) is 0 Å². The third-order valence-electron chi connectivity index (χ3n) is 4.61. The number of aromatic amines is 1. The third kappa shape index (κ3) is 2.67. The Bertz CT molecular complexity index is 1300. The van der Waals surface area contributed by atoms with E-state index < -0.39 is 0 Å². The highest BCUT2D eigenvalue weighted by molar-refractivity contribution is 9.10. The maximum atomic E-state index is 10.7. The number of aromatic hydroxyl groups is 1. The van der Waals surface area contributed by atoms with E-state index in [1.807, 2.05) is 72.8 Å². The summed E-state index contributed by atoms with van der Waals surface area (Å²) in [6.07, 6.45) is 0. The summed E-state index contributed by atoms with van der Waals surface area (Å²) in [4.78, 5) is 12.5. The van der Waals surface area contributed by atoms with Gasteiger partial charge in [0.25, 0.3) is 0 Å². The van der Waals surface area contributed by atoms with Crippen molar-refractivity contribution < 1.29 is 5.11 Å². The second-order valence-electron chi connectivity index (χ2n) is 6.32. The van der Waals surface area contributed by atoms with Crippen LogP contribution in [0.5, 0.6) is 5.88 Å². The highest BCUT2D eigenvalue weighted by Gasteiger charge is 2.21. The quantitative estimate of drug-likeness (QED) is 0.503. The molecule has 4 aromatic rings. The highest BCUT2D eigenvalue weighted by Crippen LogP contribution is 2.39. The second-order valence-corrected chi connectivity index (χ2v) is 7.23. The summed E-state index contributed by atoms with van der Waals surface area (Å²) in [5.41, 5.74) is 3.31. The van der Waals surface area contributed by atoms with Crippen molar-refractivity contribution in [2.75, 3.05) is 0 Å². The lowest BCUT2D eigenvalue weighted by atomic mass is 9.97. The van der Waals surface area contributed by atoms with Crippen LogP contribution in [0.15, 0.2) is 93.1 Å². The average molecular weight is 416 g/mol. The number of hydrogen-bond donors (Lipinski definition) is 2. The summed E-state index contributed by atoms with van der Waals surface area (Å²) in [6, 6.07) is 23.6. The van der Waals surface area contributed by atoms with Gasteiger partial charge in [-0.3, -0.25) is 0 Å². The van der Waals surface area contributed by atoms with Gasteiger partial charge in [0.1, 0.15) is 0 Å². The Morgan fingerprint density at radius 3 is 2.22 bits per heavy atom. The number of hydrogen-bond acceptors (Lipinski definition) is 3. The first kappa shape index (κ1) is 16.0. The van der Waals surface area contributed by atoms with Gasteiger partial charge in [0, 0.05) is 15.4 Å². The van der Waals surface area contributed by atoms with Crippen LogP contribution in [-0.2, 0) is 0 Å². The van der Waals surface area contributed by atoms with Crippen LogP contribution in [0.25, 0.3) is 16.5 Å². The Balaban J connectivity index is 1.88. The highest BCUT2D eigenvalue weighted by atomic mass is 79.9. The summed E-state index contributed by atoms with van der Waals surface area (Å²) >= 11 is 3.48. The van der Waals surface area contributed by atoms with Crippen molar-refractivity contribution in [1.82, 2.24) is 4.98 Å². The molecule has 2 N–H and O–H groups in total. The summed E-state index contributed by atoms with van der Waals surface area (Å²) < 4.78 is 0.944. The molecule has 4 nitrogen and oxygen atoms in total. The Hall–Kier alpha value is -3.18. The molecular formula is C22H14BrN3O. The van der Waals surface area contributed by atoms with Crippen molar-refractivity contribution in [2.45, 2.75) is 0 Å². The normalized spacial score (nSPS) is 12.6. The van der Waals surface area contributed by atoms with E-state index in [0.29, 0.717) is 11.4 Å². The molecular weight excluding hydrogens is 402 g/mol. The molecule has 0 aliphatic carbocycles. The fourth-order valence-corrected chi connectivity index (χ4v) is 3.78. The molecule has 0 fully saturated rings. The Kier molecular flexibility index (Phi) is 3.69. The fraction of sp³-hybridized carbons (Fsp3) is 0. The number of nitrogens with one attached hydrogen (secondary N) is 1. The molecule has 5 heteroatoms. The van der Waals surface area contributed by atoms with Crippen molar-refractivity contribution in [3.05, 3.63) is 105 Å². The Labute approximate surface area is 163 Å². The summed E-state index contributed by atoms with van der Waals surface area (Å²) in [5, 5.41) is 13.3. The van der Waals surface area contributed by atoms with Crippen molar-refractivity contribution in [3.63, 3.8) is 0 Å². The number of benzene rings is 3. The molecule has 1 aliphatic heterocycles. The minimum Gasteiger partial charge on any atom is -0.494 e. The SMILES string of the molecule is Oc1[nH]c2cc(Br)ccc2c1C(=C1N=c2ccccc2=N1)c1ccccc1. The molecule has 0 spiro atoms. The van der Waals surface area contributed by atoms with Gasteiger partial charge in [0.2, 0.25) is 0 Å². The van der Waals surface area contributed by atoms with E-state index in [1.165, 1.54) is 0 Å². The van der Waals surface area contributed by atoms with Crippen LogP contribution < -0.4 is 10.7 Å². The third-order valence-corrected chi connectivity index (χ3v) is 5.10. The first-order chi connectivity index (χ1) is 13.2. The number of aromatic nitrogens is 1. The second kappa shape index (κ2) is 6.21. The molecule has 3 aromatic carbocycles. The van der Waals surface area contributed by atoms with E-state index in [9.17, 15) is 5.11 Å². The van der Waals surface area contributed by atoms with Gasteiger partial charge in [-0.1, -0.05) is 64.5 Å². The van der Waals surface area contributed by atoms with Crippen LogP contribution in [0.3, 0.4) is 0 Å². The van der Waals surface area contributed by atoms with Crippen LogP contribution in [-0.4, -0.2) is 10.1 Å². The lowest BCUT2D eigenvalue weighted by molar-refractivity contribution is 0.457. The smallest absolute Gasteiger partial charge is 0.197 e. The molecule has 0 saturated carbocycles.